The van der Waals surface area contributed by atoms with Crippen LogP contribution in [-0.4, -0.2) is 52.5 Å². The number of carbonyl (C=O) groups excluding carboxylic acids is 1. The van der Waals surface area contributed by atoms with Crippen molar-refractivity contribution in [3.05, 3.63) is 58.4 Å². The van der Waals surface area contributed by atoms with Gasteiger partial charge in [0.2, 0.25) is 11.8 Å². The van der Waals surface area contributed by atoms with Crippen molar-refractivity contribution in [1.82, 2.24) is 20.1 Å². The summed E-state index contributed by atoms with van der Waals surface area (Å²) in [6.45, 7) is 1.21. The van der Waals surface area contributed by atoms with Crippen LogP contribution >= 0.6 is 23.1 Å². The minimum Gasteiger partial charge on any atom is -0.493 e. The van der Waals surface area contributed by atoms with Crippen molar-refractivity contribution >= 4 is 39.2 Å². The van der Waals surface area contributed by atoms with E-state index in [4.69, 9.17) is 13.9 Å². The first-order valence-corrected chi connectivity index (χ1v) is 12.7. The highest BCUT2D eigenvalue weighted by Gasteiger charge is 2.23. The highest BCUT2D eigenvalue weighted by atomic mass is 32.2. The molecule has 0 bridgehead atoms. The molecule has 0 atom stereocenters. The Hall–Kier alpha value is -3.11. The van der Waals surface area contributed by atoms with Crippen LogP contribution in [0.15, 0.2) is 46.0 Å². The first kappa shape index (κ1) is 22.7. The Kier molecular flexibility index (Phi) is 6.68. The second kappa shape index (κ2) is 10.0. The molecular formula is C24H24N4O4S2. The normalized spacial score (nSPS) is 13.2. The van der Waals surface area contributed by atoms with Gasteiger partial charge in [0.05, 0.1) is 35.2 Å². The molecule has 0 spiro atoms. The van der Waals surface area contributed by atoms with Crippen molar-refractivity contribution in [2.75, 3.05) is 26.5 Å². The third-order valence-electron chi connectivity index (χ3n) is 5.73. The molecule has 1 aliphatic rings. The van der Waals surface area contributed by atoms with Crippen molar-refractivity contribution in [2.45, 2.75) is 31.0 Å². The molecule has 0 radical (unpaired) electrons. The number of benzene rings is 2. The number of carbonyl (C=O) groups is 1. The molecule has 8 nitrogen and oxygen atoms in total. The zero-order chi connectivity index (χ0) is 23.5. The Morgan fingerprint density at radius 2 is 1.91 bits per heavy atom. The maximum Gasteiger partial charge on any atom is 0.277 e. The predicted octanol–water partition coefficient (Wildman–Crippen LogP) is 4.16. The summed E-state index contributed by atoms with van der Waals surface area (Å²) >= 11 is 2.96. The number of thioether (sulfide) groups is 1. The first-order valence-electron chi connectivity index (χ1n) is 10.9. The molecule has 2 aromatic heterocycles. The largest absolute Gasteiger partial charge is 0.493 e. The van der Waals surface area contributed by atoms with Crippen molar-refractivity contribution in [1.29, 1.82) is 0 Å². The molecule has 0 saturated heterocycles. The molecule has 0 unspecified atom stereocenters. The summed E-state index contributed by atoms with van der Waals surface area (Å²) in [6.07, 6.45) is 2.14. The lowest BCUT2D eigenvalue weighted by Gasteiger charge is -2.29. The zero-order valence-corrected chi connectivity index (χ0v) is 20.6. The van der Waals surface area contributed by atoms with Crippen LogP contribution in [0.4, 0.5) is 0 Å². The number of methoxy groups -OCH3 is 2. The number of amides is 1. The van der Waals surface area contributed by atoms with Crippen molar-refractivity contribution < 1.29 is 18.7 Å². The molecule has 1 amide bonds. The van der Waals surface area contributed by atoms with Crippen LogP contribution in [0.3, 0.4) is 0 Å². The van der Waals surface area contributed by atoms with Gasteiger partial charge >= 0.3 is 0 Å². The van der Waals surface area contributed by atoms with Crippen LogP contribution in [-0.2, 0) is 30.6 Å². The molecule has 0 fully saturated rings. The quantitative estimate of drug-likeness (QED) is 0.336. The highest BCUT2D eigenvalue weighted by molar-refractivity contribution is 7.99. The molecule has 1 aliphatic heterocycles. The van der Waals surface area contributed by atoms with E-state index in [0.29, 0.717) is 42.1 Å². The topological polar surface area (TPSA) is 90.6 Å². The second-order valence-corrected chi connectivity index (χ2v) is 9.91. The van der Waals surface area contributed by atoms with Gasteiger partial charge < -0.3 is 18.8 Å². The van der Waals surface area contributed by atoms with Gasteiger partial charge in [0.1, 0.15) is 0 Å². The lowest BCUT2D eigenvalue weighted by Crippen LogP contribution is -2.37. The van der Waals surface area contributed by atoms with Gasteiger partial charge in [-0.15, -0.1) is 21.5 Å². The molecule has 0 N–H and O–H groups in total. The molecule has 10 heteroatoms. The maximum atomic E-state index is 12.8. The standard InChI is InChI=1S/C24H24N4O4S2/c1-30-18-11-15-9-10-28(13-16(15)12-19(18)31-2)23(29)14-33-24-27-26-21(32-24)7-8-22-25-17-5-3-4-6-20(17)34-22/h3-6,11-12H,7-10,13-14H2,1-2H3. The third-order valence-corrected chi connectivity index (χ3v) is 7.63. The molecule has 2 aromatic carbocycles. The number of rotatable bonds is 8. The zero-order valence-electron chi connectivity index (χ0n) is 18.9. The smallest absolute Gasteiger partial charge is 0.277 e. The average molecular weight is 497 g/mol. The molecule has 3 heterocycles. The van der Waals surface area contributed by atoms with Crippen LogP contribution in [0, 0.1) is 0 Å². The average Bonchev–Trinajstić information content (AvgIpc) is 3.51. The lowest BCUT2D eigenvalue weighted by molar-refractivity contribution is -0.129. The van der Waals surface area contributed by atoms with E-state index in [1.54, 1.807) is 25.6 Å². The molecule has 5 rings (SSSR count). The maximum absolute atomic E-state index is 12.8. The number of ether oxygens (including phenoxy) is 2. The molecule has 0 aliphatic carbocycles. The van der Waals surface area contributed by atoms with Gasteiger partial charge in [-0.25, -0.2) is 4.98 Å². The summed E-state index contributed by atoms with van der Waals surface area (Å²) in [5, 5.41) is 9.68. The number of fused-ring (bicyclic) bond motifs is 2. The molecule has 34 heavy (non-hydrogen) atoms. The SMILES string of the molecule is COc1cc2c(cc1OC)CN(C(=O)CSc1nnc(CCc3nc4ccccc4s3)o1)CC2. The fraction of sp³-hybridized carbons (Fsp3) is 0.333. The number of para-hydroxylation sites is 1. The van der Waals surface area contributed by atoms with E-state index >= 15 is 0 Å². The number of thiazole rings is 1. The number of aryl methyl sites for hydroxylation is 2. The predicted molar refractivity (Wildman–Crippen MR) is 131 cm³/mol. The summed E-state index contributed by atoms with van der Waals surface area (Å²) in [7, 11) is 3.24. The van der Waals surface area contributed by atoms with Crippen molar-refractivity contribution in [2.24, 2.45) is 0 Å². The van der Waals surface area contributed by atoms with Gasteiger partial charge in [-0.3, -0.25) is 4.79 Å². The van der Waals surface area contributed by atoms with Gasteiger partial charge in [0.25, 0.3) is 5.22 Å². The second-order valence-electron chi connectivity index (χ2n) is 7.87. The Bertz CT molecular complexity index is 1290. The van der Waals surface area contributed by atoms with E-state index in [9.17, 15) is 4.79 Å². The van der Waals surface area contributed by atoms with Gasteiger partial charge in [0, 0.05) is 25.9 Å². The third kappa shape index (κ3) is 4.88. The molecule has 4 aromatic rings. The number of aromatic nitrogens is 3. The highest BCUT2D eigenvalue weighted by Crippen LogP contribution is 2.33. The number of nitrogens with zero attached hydrogens (tertiary/aromatic N) is 4. The van der Waals surface area contributed by atoms with E-state index in [-0.39, 0.29) is 11.7 Å². The summed E-state index contributed by atoms with van der Waals surface area (Å²) in [5.41, 5.74) is 3.28. The van der Waals surface area contributed by atoms with E-state index in [2.05, 4.69) is 21.2 Å². The van der Waals surface area contributed by atoms with E-state index in [1.807, 2.05) is 35.2 Å². The molecule has 0 saturated carbocycles. The van der Waals surface area contributed by atoms with Crippen molar-refractivity contribution in [3.63, 3.8) is 0 Å². The summed E-state index contributed by atoms with van der Waals surface area (Å²) in [6, 6.07) is 12.1. The fourth-order valence-corrected chi connectivity index (χ4v) is 5.60. The van der Waals surface area contributed by atoms with Gasteiger partial charge in [-0.2, -0.15) is 0 Å². The molecule has 176 valence electrons. The van der Waals surface area contributed by atoms with Gasteiger partial charge in [-0.05, 0) is 41.8 Å². The monoisotopic (exact) mass is 496 g/mol. The van der Waals surface area contributed by atoms with E-state index in [1.165, 1.54) is 22.0 Å². The number of hydrogen-bond acceptors (Lipinski definition) is 9. The lowest BCUT2D eigenvalue weighted by atomic mass is 9.99. The van der Waals surface area contributed by atoms with Crippen LogP contribution in [0.25, 0.3) is 10.2 Å². The van der Waals surface area contributed by atoms with Crippen LogP contribution in [0.2, 0.25) is 0 Å². The van der Waals surface area contributed by atoms with Gasteiger partial charge in [0.15, 0.2) is 11.5 Å². The minimum absolute atomic E-state index is 0.0414. The summed E-state index contributed by atoms with van der Waals surface area (Å²) in [5.74, 6) is 2.24. The Balaban J connectivity index is 1.14. The first-order chi connectivity index (χ1) is 16.6. The Morgan fingerprint density at radius 1 is 1.12 bits per heavy atom. The fourth-order valence-electron chi connectivity index (χ4n) is 3.95. The van der Waals surface area contributed by atoms with Crippen LogP contribution < -0.4 is 9.47 Å². The van der Waals surface area contributed by atoms with Gasteiger partial charge in [-0.1, -0.05) is 23.9 Å². The number of hydrogen-bond donors (Lipinski definition) is 0. The van der Waals surface area contributed by atoms with Crippen LogP contribution in [0.1, 0.15) is 22.0 Å². The summed E-state index contributed by atoms with van der Waals surface area (Å²) < 4.78 is 17.7. The van der Waals surface area contributed by atoms with Crippen LogP contribution in [0.5, 0.6) is 11.5 Å². The Morgan fingerprint density at radius 3 is 2.71 bits per heavy atom. The molecular weight excluding hydrogens is 472 g/mol. The van der Waals surface area contributed by atoms with Crippen molar-refractivity contribution in [3.8, 4) is 11.5 Å². The Labute approximate surface area is 205 Å². The minimum atomic E-state index is 0.0414. The van der Waals surface area contributed by atoms with E-state index < -0.39 is 0 Å². The van der Waals surface area contributed by atoms with E-state index in [0.717, 1.165) is 28.9 Å². The summed E-state index contributed by atoms with van der Waals surface area (Å²) in [4.78, 5) is 19.3.